The van der Waals surface area contributed by atoms with E-state index in [1.165, 1.54) is 7.11 Å². The predicted octanol–water partition coefficient (Wildman–Crippen LogP) is 2.99. The van der Waals surface area contributed by atoms with Crippen molar-refractivity contribution in [3.8, 4) is 5.75 Å². The molecular weight excluding hydrogens is 250 g/mol. The minimum Gasteiger partial charge on any atom is -0.496 e. The van der Waals surface area contributed by atoms with Crippen molar-refractivity contribution < 1.29 is 22.3 Å². The van der Waals surface area contributed by atoms with Gasteiger partial charge in [0.05, 0.1) is 13.7 Å². The Morgan fingerprint density at radius 3 is 2.56 bits per heavy atom. The van der Waals surface area contributed by atoms with Crippen LogP contribution in [0.1, 0.15) is 11.1 Å². The molecule has 1 aromatic carbocycles. The van der Waals surface area contributed by atoms with Gasteiger partial charge in [-0.2, -0.15) is 8.78 Å². The maximum atomic E-state index is 12.7. The molecule has 0 atom stereocenters. The molecule has 1 rings (SSSR count). The lowest BCUT2D eigenvalue weighted by atomic mass is 10.1. The zero-order chi connectivity index (χ0) is 13.8. The molecule has 0 saturated heterocycles. The molecule has 0 aliphatic heterocycles. The largest absolute Gasteiger partial charge is 0.496 e. The highest BCUT2D eigenvalue weighted by Crippen LogP contribution is 2.23. The molecule has 0 radical (unpaired) electrons. The molecule has 0 aliphatic carbocycles. The van der Waals surface area contributed by atoms with Gasteiger partial charge in [0.1, 0.15) is 5.75 Å². The fourth-order valence-corrected chi connectivity index (χ4v) is 1.49. The second kappa shape index (κ2) is 6.04. The number of aryl methyl sites for hydroxylation is 1. The molecule has 6 heteroatoms. The highest BCUT2D eigenvalue weighted by molar-refractivity contribution is 5.36. The van der Waals surface area contributed by atoms with Crippen LogP contribution in [-0.2, 0) is 6.54 Å². The van der Waals surface area contributed by atoms with E-state index in [0.717, 1.165) is 5.56 Å². The van der Waals surface area contributed by atoms with Crippen LogP contribution in [0, 0.1) is 6.92 Å². The summed E-state index contributed by atoms with van der Waals surface area (Å²) in [5.74, 6) is -3.48. The molecule has 2 nitrogen and oxygen atoms in total. The third-order valence-electron chi connectivity index (χ3n) is 2.43. The van der Waals surface area contributed by atoms with Crippen LogP contribution in [-0.4, -0.2) is 26.0 Å². The Kier molecular flexibility index (Phi) is 4.95. The lowest BCUT2D eigenvalue weighted by Gasteiger charge is -2.16. The van der Waals surface area contributed by atoms with Gasteiger partial charge in [-0.1, -0.05) is 17.7 Å². The summed E-state index contributed by atoms with van der Waals surface area (Å²) in [6.45, 7) is 0.825. The van der Waals surface area contributed by atoms with Crippen LogP contribution in [0.2, 0.25) is 0 Å². The Labute approximate surface area is 103 Å². The second-order valence-corrected chi connectivity index (χ2v) is 3.98. The zero-order valence-electron chi connectivity index (χ0n) is 10.1. The Hall–Kier alpha value is -1.30. The predicted molar refractivity (Wildman–Crippen MR) is 60.4 cm³/mol. The molecule has 1 N–H and O–H groups in total. The molecule has 0 saturated carbocycles. The minimum absolute atomic E-state index is 0.0488. The van der Waals surface area contributed by atoms with E-state index in [-0.39, 0.29) is 6.54 Å². The molecule has 1 aromatic rings. The Bertz CT molecular complexity index is 396. The van der Waals surface area contributed by atoms with Crippen molar-refractivity contribution in [2.75, 3.05) is 13.7 Å². The maximum absolute atomic E-state index is 12.7. The maximum Gasteiger partial charge on any atom is 0.319 e. The number of hydrogen-bond acceptors (Lipinski definition) is 2. The fraction of sp³-hybridized carbons (Fsp3) is 0.500. The summed E-state index contributed by atoms with van der Waals surface area (Å²) in [4.78, 5) is 0. The van der Waals surface area contributed by atoms with Crippen LogP contribution in [0.15, 0.2) is 18.2 Å². The molecule has 102 valence electrons. The Balaban J connectivity index is 2.61. The van der Waals surface area contributed by atoms with Gasteiger partial charge < -0.3 is 10.1 Å². The summed E-state index contributed by atoms with van der Waals surface area (Å²) < 4.78 is 54.3. The summed E-state index contributed by atoms with van der Waals surface area (Å²) in [6, 6.07) is 5.28. The summed E-state index contributed by atoms with van der Waals surface area (Å²) >= 11 is 0. The van der Waals surface area contributed by atoms with Gasteiger partial charge in [0.2, 0.25) is 0 Å². The van der Waals surface area contributed by atoms with Gasteiger partial charge in [0.15, 0.2) is 0 Å². The van der Waals surface area contributed by atoms with Crippen molar-refractivity contribution in [3.05, 3.63) is 29.3 Å². The average molecular weight is 265 g/mol. The number of methoxy groups -OCH3 is 1. The van der Waals surface area contributed by atoms with E-state index in [0.29, 0.717) is 11.3 Å². The molecular formula is C12H15F4NO. The summed E-state index contributed by atoms with van der Waals surface area (Å²) in [7, 11) is 1.46. The second-order valence-electron chi connectivity index (χ2n) is 3.98. The summed E-state index contributed by atoms with van der Waals surface area (Å²) in [5.41, 5.74) is 1.59. The van der Waals surface area contributed by atoms with Gasteiger partial charge in [-0.15, -0.1) is 0 Å². The SMILES string of the molecule is COc1ccc(C)cc1CNCC(F)(F)C(F)F. The highest BCUT2D eigenvalue weighted by Gasteiger charge is 2.39. The summed E-state index contributed by atoms with van der Waals surface area (Å²) in [6.07, 6.45) is -3.66. The molecule has 18 heavy (non-hydrogen) atoms. The van der Waals surface area contributed by atoms with E-state index in [9.17, 15) is 17.6 Å². The van der Waals surface area contributed by atoms with Crippen molar-refractivity contribution >= 4 is 0 Å². The van der Waals surface area contributed by atoms with Crippen LogP contribution in [0.4, 0.5) is 17.6 Å². The molecule has 0 heterocycles. The van der Waals surface area contributed by atoms with Crippen molar-refractivity contribution in [2.24, 2.45) is 0 Å². The molecule has 0 amide bonds. The fourth-order valence-electron chi connectivity index (χ4n) is 1.49. The number of benzene rings is 1. The number of rotatable bonds is 6. The van der Waals surface area contributed by atoms with Crippen LogP contribution >= 0.6 is 0 Å². The van der Waals surface area contributed by atoms with E-state index in [1.54, 1.807) is 12.1 Å². The molecule has 0 aromatic heterocycles. The first-order valence-electron chi connectivity index (χ1n) is 5.37. The minimum atomic E-state index is -4.02. The first-order valence-corrected chi connectivity index (χ1v) is 5.37. The lowest BCUT2D eigenvalue weighted by Crippen LogP contribution is -2.38. The molecule has 0 fully saturated rings. The van der Waals surface area contributed by atoms with Crippen molar-refractivity contribution in [1.82, 2.24) is 5.32 Å². The van der Waals surface area contributed by atoms with Crippen LogP contribution in [0.5, 0.6) is 5.75 Å². The zero-order valence-corrected chi connectivity index (χ0v) is 10.1. The lowest BCUT2D eigenvalue weighted by molar-refractivity contribution is -0.125. The number of alkyl halides is 4. The first-order chi connectivity index (χ1) is 8.36. The van der Waals surface area contributed by atoms with E-state index < -0.39 is 18.9 Å². The van der Waals surface area contributed by atoms with E-state index in [2.05, 4.69) is 5.32 Å². The van der Waals surface area contributed by atoms with E-state index in [4.69, 9.17) is 4.74 Å². The monoisotopic (exact) mass is 265 g/mol. The van der Waals surface area contributed by atoms with Crippen LogP contribution in [0.3, 0.4) is 0 Å². The Morgan fingerprint density at radius 2 is 2.00 bits per heavy atom. The standard InChI is InChI=1S/C12H15F4NO/c1-8-3-4-10(18-2)9(5-8)6-17-7-12(15,16)11(13)14/h3-5,11,17H,6-7H2,1-2H3. The number of hydrogen-bond donors (Lipinski definition) is 1. The topological polar surface area (TPSA) is 21.3 Å². The first kappa shape index (κ1) is 14.8. The molecule has 0 unspecified atom stereocenters. The smallest absolute Gasteiger partial charge is 0.319 e. The van der Waals surface area contributed by atoms with E-state index >= 15 is 0 Å². The number of halogens is 4. The third kappa shape index (κ3) is 3.87. The quantitative estimate of drug-likeness (QED) is 0.798. The number of ether oxygens (including phenoxy) is 1. The Morgan fingerprint density at radius 1 is 1.33 bits per heavy atom. The average Bonchev–Trinajstić information content (AvgIpc) is 2.29. The van der Waals surface area contributed by atoms with Crippen LogP contribution in [0.25, 0.3) is 0 Å². The summed E-state index contributed by atoms with van der Waals surface area (Å²) in [5, 5.41) is 2.32. The van der Waals surface area contributed by atoms with Crippen molar-refractivity contribution in [2.45, 2.75) is 25.8 Å². The van der Waals surface area contributed by atoms with Gasteiger partial charge in [-0.25, -0.2) is 8.78 Å². The van der Waals surface area contributed by atoms with Gasteiger partial charge in [-0.05, 0) is 13.0 Å². The van der Waals surface area contributed by atoms with Gasteiger partial charge in [0, 0.05) is 12.1 Å². The van der Waals surface area contributed by atoms with Crippen molar-refractivity contribution in [3.63, 3.8) is 0 Å². The van der Waals surface area contributed by atoms with Gasteiger partial charge in [-0.3, -0.25) is 0 Å². The van der Waals surface area contributed by atoms with Crippen molar-refractivity contribution in [1.29, 1.82) is 0 Å². The van der Waals surface area contributed by atoms with Gasteiger partial charge in [0.25, 0.3) is 0 Å². The number of nitrogens with one attached hydrogen (secondary N) is 1. The van der Waals surface area contributed by atoms with Gasteiger partial charge >= 0.3 is 12.3 Å². The highest BCUT2D eigenvalue weighted by atomic mass is 19.3. The molecule has 0 aliphatic rings. The third-order valence-corrected chi connectivity index (χ3v) is 2.43. The molecule has 0 spiro atoms. The normalized spacial score (nSPS) is 11.9. The van der Waals surface area contributed by atoms with Crippen LogP contribution < -0.4 is 10.1 Å². The van der Waals surface area contributed by atoms with E-state index in [1.807, 2.05) is 13.0 Å². The molecule has 0 bridgehead atoms.